The molecule has 0 spiro atoms. The fourth-order valence-electron chi connectivity index (χ4n) is 4.24. The Bertz CT molecular complexity index is 1330. The zero-order valence-corrected chi connectivity index (χ0v) is 15.9. The van der Waals surface area contributed by atoms with Crippen LogP contribution < -0.4 is 0 Å². The van der Waals surface area contributed by atoms with Crippen LogP contribution in [0.4, 0.5) is 0 Å². The minimum Gasteiger partial charge on any atom is -0.344 e. The first-order valence-corrected chi connectivity index (χ1v) is 9.76. The quantitative estimate of drug-likeness (QED) is 0.235. The average Bonchev–Trinajstić information content (AvgIpc) is 3.02. The number of hydrogen-bond donors (Lipinski definition) is 0. The van der Waals surface area contributed by atoms with Crippen LogP contribution in [0, 0.1) is 0 Å². The van der Waals surface area contributed by atoms with Crippen LogP contribution in [-0.4, -0.2) is 4.57 Å². The van der Waals surface area contributed by atoms with E-state index in [1.165, 1.54) is 55.3 Å². The molecule has 1 aromatic heterocycles. The highest BCUT2D eigenvalue weighted by Gasteiger charge is 2.10. The van der Waals surface area contributed by atoms with Gasteiger partial charge < -0.3 is 4.57 Å². The van der Waals surface area contributed by atoms with Gasteiger partial charge in [0, 0.05) is 23.5 Å². The fraction of sp³-hybridized carbons (Fsp3) is 0.154. The molecule has 5 rings (SSSR count). The molecule has 1 nitrogen and oxygen atoms in total. The maximum absolute atomic E-state index is 2.34. The number of rotatable bonds is 3. The third-order valence-electron chi connectivity index (χ3n) is 5.66. The third kappa shape index (κ3) is 2.54. The van der Waals surface area contributed by atoms with Gasteiger partial charge >= 0.3 is 0 Å². The van der Waals surface area contributed by atoms with E-state index in [-0.39, 0.29) is 0 Å². The van der Waals surface area contributed by atoms with Crippen LogP contribution in [0.1, 0.15) is 25.5 Å². The topological polar surface area (TPSA) is 4.93 Å². The van der Waals surface area contributed by atoms with Gasteiger partial charge in [0.05, 0.1) is 5.52 Å². The summed E-state index contributed by atoms with van der Waals surface area (Å²) in [7, 11) is 2.18. The highest BCUT2D eigenvalue weighted by atomic mass is 14.9. The fourth-order valence-corrected chi connectivity index (χ4v) is 4.24. The summed E-state index contributed by atoms with van der Waals surface area (Å²) in [6, 6.07) is 24.7. The molecule has 27 heavy (non-hydrogen) atoms. The first kappa shape index (κ1) is 16.1. The van der Waals surface area contributed by atoms with Gasteiger partial charge in [-0.05, 0) is 57.6 Å². The molecule has 0 bridgehead atoms. The average molecular weight is 349 g/mol. The Morgan fingerprint density at radius 3 is 2.30 bits per heavy atom. The molecule has 0 radical (unpaired) electrons. The van der Waals surface area contributed by atoms with Crippen LogP contribution in [-0.2, 0) is 7.05 Å². The van der Waals surface area contributed by atoms with Crippen molar-refractivity contribution in [1.82, 2.24) is 4.57 Å². The molecule has 0 N–H and O–H groups in total. The van der Waals surface area contributed by atoms with Gasteiger partial charge in [0.25, 0.3) is 0 Å². The Kier molecular flexibility index (Phi) is 3.75. The van der Waals surface area contributed by atoms with E-state index in [4.69, 9.17) is 0 Å². The van der Waals surface area contributed by atoms with E-state index in [1.807, 2.05) is 0 Å². The highest BCUT2D eigenvalue weighted by Crippen LogP contribution is 2.34. The second-order valence-corrected chi connectivity index (χ2v) is 7.40. The van der Waals surface area contributed by atoms with Crippen LogP contribution in [0.15, 0.2) is 72.8 Å². The summed E-state index contributed by atoms with van der Waals surface area (Å²) in [6.45, 7) is 2.22. The molecule has 0 saturated carbocycles. The van der Waals surface area contributed by atoms with Crippen molar-refractivity contribution in [3.8, 4) is 0 Å². The molecular weight excluding hydrogens is 326 g/mol. The monoisotopic (exact) mass is 349 g/mol. The SMILES string of the molecule is CCC/C=C/c1cc2ccc3c4cc5ccccc5cc4ccc3c2n1C. The van der Waals surface area contributed by atoms with Crippen LogP contribution in [0.5, 0.6) is 0 Å². The van der Waals surface area contributed by atoms with Crippen molar-refractivity contribution in [2.24, 2.45) is 7.05 Å². The molecule has 4 aromatic carbocycles. The van der Waals surface area contributed by atoms with E-state index >= 15 is 0 Å². The van der Waals surface area contributed by atoms with E-state index in [1.54, 1.807) is 0 Å². The summed E-state index contributed by atoms with van der Waals surface area (Å²) in [5.41, 5.74) is 2.59. The lowest BCUT2D eigenvalue weighted by Crippen LogP contribution is -1.91. The Morgan fingerprint density at radius 2 is 1.48 bits per heavy atom. The maximum atomic E-state index is 2.34. The minimum absolute atomic E-state index is 1.12. The van der Waals surface area contributed by atoms with Gasteiger partial charge in [0.2, 0.25) is 0 Å². The van der Waals surface area contributed by atoms with E-state index in [0.717, 1.165) is 6.42 Å². The van der Waals surface area contributed by atoms with E-state index in [0.29, 0.717) is 0 Å². The zero-order valence-electron chi connectivity index (χ0n) is 15.9. The first-order valence-electron chi connectivity index (χ1n) is 9.76. The molecular formula is C26H23N. The Labute approximate surface area is 159 Å². The number of nitrogens with zero attached hydrogens (tertiary/aromatic N) is 1. The number of benzene rings is 4. The summed E-state index contributed by atoms with van der Waals surface area (Å²) >= 11 is 0. The van der Waals surface area contributed by atoms with Gasteiger partial charge in [-0.2, -0.15) is 0 Å². The molecule has 1 heteroatoms. The molecule has 0 atom stereocenters. The Morgan fingerprint density at radius 1 is 0.741 bits per heavy atom. The van der Waals surface area contributed by atoms with Gasteiger partial charge in [-0.25, -0.2) is 0 Å². The summed E-state index contributed by atoms with van der Waals surface area (Å²) in [6.07, 6.45) is 6.84. The lowest BCUT2D eigenvalue weighted by atomic mass is 9.97. The number of fused-ring (bicyclic) bond motifs is 6. The molecule has 0 aliphatic heterocycles. The van der Waals surface area contributed by atoms with Gasteiger partial charge in [0.15, 0.2) is 0 Å². The summed E-state index contributed by atoms with van der Waals surface area (Å²) in [5, 5.41) is 9.20. The van der Waals surface area contributed by atoms with Gasteiger partial charge in [-0.1, -0.05) is 68.0 Å². The minimum atomic E-state index is 1.12. The normalized spacial score (nSPS) is 12.2. The van der Waals surface area contributed by atoms with Crippen molar-refractivity contribution in [3.63, 3.8) is 0 Å². The highest BCUT2D eigenvalue weighted by molar-refractivity contribution is 6.18. The van der Waals surface area contributed by atoms with Crippen molar-refractivity contribution in [2.75, 3.05) is 0 Å². The van der Waals surface area contributed by atoms with Crippen LogP contribution in [0.3, 0.4) is 0 Å². The lowest BCUT2D eigenvalue weighted by Gasteiger charge is -2.09. The first-order chi connectivity index (χ1) is 13.3. The molecule has 1 heterocycles. The summed E-state index contributed by atoms with van der Waals surface area (Å²) in [5.74, 6) is 0. The molecule has 132 valence electrons. The third-order valence-corrected chi connectivity index (χ3v) is 5.66. The van der Waals surface area contributed by atoms with Crippen LogP contribution in [0.25, 0.3) is 49.3 Å². The second kappa shape index (κ2) is 6.28. The molecule has 0 aliphatic carbocycles. The number of hydrogen-bond acceptors (Lipinski definition) is 0. The molecule has 0 fully saturated rings. The molecule has 0 saturated heterocycles. The largest absolute Gasteiger partial charge is 0.344 e. The number of aryl methyl sites for hydroxylation is 1. The number of allylic oxidation sites excluding steroid dienone is 1. The van der Waals surface area contributed by atoms with E-state index in [9.17, 15) is 0 Å². The Balaban J connectivity index is 1.82. The zero-order chi connectivity index (χ0) is 18.4. The molecule has 5 aromatic rings. The summed E-state index contributed by atoms with van der Waals surface area (Å²) in [4.78, 5) is 0. The van der Waals surface area contributed by atoms with Crippen molar-refractivity contribution in [1.29, 1.82) is 0 Å². The van der Waals surface area contributed by atoms with Crippen molar-refractivity contribution in [3.05, 3.63) is 78.5 Å². The van der Waals surface area contributed by atoms with Crippen molar-refractivity contribution in [2.45, 2.75) is 19.8 Å². The Hall–Kier alpha value is -3.06. The summed E-state index contributed by atoms with van der Waals surface area (Å²) < 4.78 is 2.33. The lowest BCUT2D eigenvalue weighted by molar-refractivity contribution is 0.945. The second-order valence-electron chi connectivity index (χ2n) is 7.40. The van der Waals surface area contributed by atoms with E-state index in [2.05, 4.69) is 97.4 Å². The van der Waals surface area contributed by atoms with Crippen molar-refractivity contribution < 1.29 is 0 Å². The van der Waals surface area contributed by atoms with E-state index < -0.39 is 0 Å². The number of aromatic nitrogens is 1. The maximum Gasteiger partial charge on any atom is 0.0562 e. The van der Waals surface area contributed by atoms with Crippen LogP contribution >= 0.6 is 0 Å². The van der Waals surface area contributed by atoms with Gasteiger partial charge in [-0.15, -0.1) is 0 Å². The molecule has 0 amide bonds. The van der Waals surface area contributed by atoms with Crippen molar-refractivity contribution >= 4 is 49.3 Å². The predicted molar refractivity (Wildman–Crippen MR) is 119 cm³/mol. The number of unbranched alkanes of at least 4 members (excludes halogenated alkanes) is 1. The predicted octanol–water partition coefficient (Wildman–Crippen LogP) is 7.45. The molecule has 0 aliphatic rings. The van der Waals surface area contributed by atoms with Crippen LogP contribution in [0.2, 0.25) is 0 Å². The smallest absolute Gasteiger partial charge is 0.0562 e. The van der Waals surface area contributed by atoms with Gasteiger partial charge in [-0.3, -0.25) is 0 Å². The standard InChI is InChI=1S/C26H23N/c1-3-4-5-10-22-16-21-12-13-23-24(26(21)27(22)2)14-11-20-15-18-8-6-7-9-19(18)17-25(20)23/h5-17H,3-4H2,1-2H3/b10-5+. The molecule has 0 unspecified atom stereocenters. The van der Waals surface area contributed by atoms with Gasteiger partial charge in [0.1, 0.15) is 0 Å².